The second kappa shape index (κ2) is 7.55. The third-order valence-corrected chi connectivity index (χ3v) is 5.68. The Balaban J connectivity index is 1.78. The van der Waals surface area contributed by atoms with Gasteiger partial charge in [-0.3, -0.25) is 4.79 Å². The van der Waals surface area contributed by atoms with Crippen LogP contribution in [-0.4, -0.2) is 27.9 Å². The van der Waals surface area contributed by atoms with E-state index < -0.39 is 17.2 Å². The van der Waals surface area contributed by atoms with E-state index in [1.165, 1.54) is 6.07 Å². The fraction of sp³-hybridized carbons (Fsp3) is 0.0476. The second-order valence-corrected chi connectivity index (χ2v) is 7.53. The molecule has 0 saturated carbocycles. The lowest BCUT2D eigenvalue weighted by atomic mass is 10.00. The molecule has 0 spiro atoms. The summed E-state index contributed by atoms with van der Waals surface area (Å²) in [6.07, 6.45) is 3.88. The molecular weight excluding hydrogens is 377 g/mol. The zero-order valence-corrected chi connectivity index (χ0v) is 15.7. The normalized spacial score (nSPS) is 12.2. The first-order chi connectivity index (χ1) is 13.6. The summed E-state index contributed by atoms with van der Waals surface area (Å²) in [4.78, 5) is 18.9. The quantitative estimate of drug-likeness (QED) is 0.395. The van der Waals surface area contributed by atoms with Crippen molar-refractivity contribution in [1.82, 2.24) is 14.7 Å². The van der Waals surface area contributed by atoms with Crippen LogP contribution in [0.2, 0.25) is 0 Å². The van der Waals surface area contributed by atoms with Crippen LogP contribution in [0.25, 0.3) is 33.3 Å². The smallest absolute Gasteiger partial charge is 0.181 e. The molecule has 2 aromatic carbocycles. The van der Waals surface area contributed by atoms with Gasteiger partial charge in [0.25, 0.3) is 0 Å². The number of aromatic amines is 1. The lowest BCUT2D eigenvalue weighted by Crippen LogP contribution is -2.19. The molecule has 4 rings (SSSR count). The molecule has 0 fully saturated rings. The van der Waals surface area contributed by atoms with Crippen LogP contribution in [0.5, 0.6) is 0 Å². The lowest BCUT2D eigenvalue weighted by Gasteiger charge is -2.13. The standard InChI is InChI=1S/C21H16FN3O2S/c1-23-28(27)20-5-3-2-4-17(20)13-6-7-16(19(22)9-13)14-8-18-15(12-26)11-25-21(18)24-10-14/h2-12,23H,1H3,(H,24,25). The van der Waals surface area contributed by atoms with Gasteiger partial charge in [0.1, 0.15) is 11.5 Å². The summed E-state index contributed by atoms with van der Waals surface area (Å²) in [5.74, 6) is -0.424. The zero-order valence-electron chi connectivity index (χ0n) is 14.9. The molecule has 0 aliphatic carbocycles. The van der Waals surface area contributed by atoms with Crippen LogP contribution in [0.1, 0.15) is 10.4 Å². The van der Waals surface area contributed by atoms with Gasteiger partial charge in [-0.15, -0.1) is 4.72 Å². The van der Waals surface area contributed by atoms with Gasteiger partial charge in [-0.05, 0) is 29.8 Å². The number of fused-ring (bicyclic) bond motifs is 1. The fourth-order valence-corrected chi connectivity index (χ4v) is 3.97. The number of carbonyl (C=O) groups excluding carboxylic acids is 1. The highest BCUT2D eigenvalue weighted by Gasteiger charge is 2.17. The van der Waals surface area contributed by atoms with Gasteiger partial charge in [-0.25, -0.2) is 9.37 Å². The summed E-state index contributed by atoms with van der Waals surface area (Å²) in [7, 11) is 1.61. The van der Waals surface area contributed by atoms with Crippen LogP contribution in [0, 0.1) is 5.82 Å². The maximum atomic E-state index is 14.9. The van der Waals surface area contributed by atoms with Gasteiger partial charge in [-0.1, -0.05) is 24.3 Å². The Hall–Kier alpha value is -3.00. The Bertz CT molecular complexity index is 1180. The molecule has 1 atom stereocenters. The predicted molar refractivity (Wildman–Crippen MR) is 108 cm³/mol. The first-order valence-corrected chi connectivity index (χ1v) is 9.68. The topological polar surface area (TPSA) is 80.8 Å². The minimum Gasteiger partial charge on any atom is -0.593 e. The monoisotopic (exact) mass is 393 g/mol. The molecule has 0 amide bonds. The summed E-state index contributed by atoms with van der Waals surface area (Å²) in [6.45, 7) is 0. The molecule has 1 unspecified atom stereocenters. The summed E-state index contributed by atoms with van der Waals surface area (Å²) < 4.78 is 29.9. The molecule has 0 bridgehead atoms. The SMILES string of the molecule is CN[S+]([O-])c1ccccc1-c1ccc(-c2cnc3[nH]cc(C=O)c3c2)c(F)c1. The van der Waals surface area contributed by atoms with Crippen molar-refractivity contribution in [2.45, 2.75) is 4.90 Å². The molecule has 2 N–H and O–H groups in total. The van der Waals surface area contributed by atoms with E-state index in [1.807, 2.05) is 12.1 Å². The predicted octanol–water partition coefficient (Wildman–Crippen LogP) is 4.09. The van der Waals surface area contributed by atoms with E-state index in [9.17, 15) is 13.7 Å². The fourth-order valence-electron chi connectivity index (χ4n) is 3.16. The number of H-pyrrole nitrogens is 1. The number of hydrogen-bond donors (Lipinski definition) is 2. The van der Waals surface area contributed by atoms with Crippen molar-refractivity contribution >= 4 is 28.7 Å². The van der Waals surface area contributed by atoms with E-state index in [0.717, 1.165) is 6.29 Å². The van der Waals surface area contributed by atoms with E-state index in [2.05, 4.69) is 14.7 Å². The number of carbonyl (C=O) groups is 1. The highest BCUT2D eigenvalue weighted by atomic mass is 32.2. The molecule has 2 heterocycles. The largest absolute Gasteiger partial charge is 0.593 e. The molecular formula is C21H16FN3O2S. The molecule has 2 aromatic heterocycles. The zero-order chi connectivity index (χ0) is 19.7. The Morgan fingerprint density at radius 3 is 2.71 bits per heavy atom. The van der Waals surface area contributed by atoms with E-state index in [1.54, 1.807) is 49.8 Å². The van der Waals surface area contributed by atoms with Crippen LogP contribution in [0.4, 0.5) is 4.39 Å². The number of benzene rings is 2. The van der Waals surface area contributed by atoms with Crippen LogP contribution < -0.4 is 4.72 Å². The Morgan fingerprint density at radius 1 is 1.14 bits per heavy atom. The van der Waals surface area contributed by atoms with E-state index in [0.29, 0.717) is 43.7 Å². The van der Waals surface area contributed by atoms with Crippen molar-refractivity contribution in [3.63, 3.8) is 0 Å². The Labute approximate surface area is 163 Å². The number of aromatic nitrogens is 2. The molecule has 0 radical (unpaired) electrons. The first-order valence-electron chi connectivity index (χ1n) is 8.53. The molecule has 4 aromatic rings. The van der Waals surface area contributed by atoms with Crippen LogP contribution in [0.3, 0.4) is 0 Å². The number of halogens is 1. The van der Waals surface area contributed by atoms with Crippen molar-refractivity contribution in [2.75, 3.05) is 7.05 Å². The first kappa shape index (κ1) is 18.4. The van der Waals surface area contributed by atoms with Crippen LogP contribution in [0.15, 0.2) is 65.8 Å². The third-order valence-electron chi connectivity index (χ3n) is 4.55. The Morgan fingerprint density at radius 2 is 1.96 bits per heavy atom. The number of pyridine rings is 1. The van der Waals surface area contributed by atoms with Gasteiger partial charge >= 0.3 is 0 Å². The number of hydrogen-bond acceptors (Lipinski definition) is 4. The average Bonchev–Trinajstić information content (AvgIpc) is 3.15. The highest BCUT2D eigenvalue weighted by Crippen LogP contribution is 2.32. The van der Waals surface area contributed by atoms with Gasteiger partial charge in [0.2, 0.25) is 0 Å². The van der Waals surface area contributed by atoms with E-state index in [4.69, 9.17) is 0 Å². The van der Waals surface area contributed by atoms with Crippen molar-refractivity contribution in [2.24, 2.45) is 0 Å². The van der Waals surface area contributed by atoms with Gasteiger partial charge in [0.15, 0.2) is 11.2 Å². The van der Waals surface area contributed by atoms with E-state index in [-0.39, 0.29) is 0 Å². The van der Waals surface area contributed by atoms with Crippen LogP contribution >= 0.6 is 0 Å². The molecule has 0 saturated heterocycles. The number of nitrogens with zero attached hydrogens (tertiary/aromatic N) is 1. The molecule has 140 valence electrons. The molecule has 0 aliphatic rings. The van der Waals surface area contributed by atoms with Crippen molar-refractivity contribution in [1.29, 1.82) is 0 Å². The summed E-state index contributed by atoms with van der Waals surface area (Å²) in [5, 5.41) is 0.644. The minimum atomic E-state index is -1.38. The number of aldehydes is 1. The average molecular weight is 393 g/mol. The van der Waals surface area contributed by atoms with Crippen molar-refractivity contribution < 1.29 is 13.7 Å². The summed E-state index contributed by atoms with van der Waals surface area (Å²) in [5.41, 5.74) is 3.33. The molecule has 28 heavy (non-hydrogen) atoms. The highest BCUT2D eigenvalue weighted by molar-refractivity contribution is 7.89. The van der Waals surface area contributed by atoms with E-state index >= 15 is 0 Å². The van der Waals surface area contributed by atoms with Gasteiger partial charge in [0.05, 0.1) is 11.4 Å². The van der Waals surface area contributed by atoms with Gasteiger partial charge in [-0.2, -0.15) is 0 Å². The summed E-state index contributed by atoms with van der Waals surface area (Å²) >= 11 is -1.38. The third kappa shape index (κ3) is 3.20. The minimum absolute atomic E-state index is 0.378. The molecule has 7 heteroatoms. The number of nitrogens with one attached hydrogen (secondary N) is 2. The molecule has 5 nitrogen and oxygen atoms in total. The number of rotatable bonds is 5. The second-order valence-electron chi connectivity index (χ2n) is 6.15. The van der Waals surface area contributed by atoms with Crippen molar-refractivity contribution in [3.8, 4) is 22.3 Å². The molecule has 0 aliphatic heterocycles. The van der Waals surface area contributed by atoms with Gasteiger partial charge < -0.3 is 9.54 Å². The lowest BCUT2D eigenvalue weighted by molar-refractivity contribution is 0.112. The van der Waals surface area contributed by atoms with Crippen LogP contribution in [-0.2, 0) is 11.4 Å². The van der Waals surface area contributed by atoms with Gasteiger partial charge in [0, 0.05) is 47.1 Å². The summed E-state index contributed by atoms with van der Waals surface area (Å²) in [6, 6.07) is 13.8. The Kier molecular flexibility index (Phi) is 4.95. The van der Waals surface area contributed by atoms with Crippen molar-refractivity contribution in [3.05, 3.63) is 72.3 Å². The maximum Gasteiger partial charge on any atom is 0.181 e. The maximum absolute atomic E-state index is 14.9.